The van der Waals surface area contributed by atoms with E-state index in [1.54, 1.807) is 13.2 Å². The lowest BCUT2D eigenvalue weighted by molar-refractivity contribution is 0.208. The van der Waals surface area contributed by atoms with Crippen molar-refractivity contribution in [2.75, 3.05) is 26.7 Å². The highest BCUT2D eigenvalue weighted by molar-refractivity contribution is 5.80. The van der Waals surface area contributed by atoms with Crippen molar-refractivity contribution in [2.24, 2.45) is 16.8 Å². The summed E-state index contributed by atoms with van der Waals surface area (Å²) in [5.74, 6) is 2.94. The number of ether oxygens (including phenoxy) is 1. The Morgan fingerprint density at radius 3 is 2.65 bits per heavy atom. The smallest absolute Gasteiger partial charge is 0.194 e. The summed E-state index contributed by atoms with van der Waals surface area (Å²) in [7, 11) is 1.56. The van der Waals surface area contributed by atoms with Crippen LogP contribution in [-0.2, 0) is 6.54 Å². The molecule has 1 aromatic rings. The van der Waals surface area contributed by atoms with Crippen LogP contribution in [-0.4, -0.2) is 42.7 Å². The lowest BCUT2D eigenvalue weighted by atomic mass is 9.92. The van der Waals surface area contributed by atoms with Crippen molar-refractivity contribution in [1.29, 1.82) is 0 Å². The van der Waals surface area contributed by atoms with E-state index in [-0.39, 0.29) is 5.75 Å². The maximum Gasteiger partial charge on any atom is 0.194 e. The molecule has 2 N–H and O–H groups in total. The van der Waals surface area contributed by atoms with Crippen LogP contribution in [0.25, 0.3) is 0 Å². The third kappa shape index (κ3) is 4.53. The summed E-state index contributed by atoms with van der Waals surface area (Å²) in [6.07, 6.45) is 1.27. The van der Waals surface area contributed by atoms with E-state index in [4.69, 9.17) is 9.73 Å². The van der Waals surface area contributed by atoms with E-state index in [1.807, 2.05) is 12.1 Å². The molecule has 1 heterocycles. The van der Waals surface area contributed by atoms with Gasteiger partial charge in [0.25, 0.3) is 0 Å². The third-order valence-corrected chi connectivity index (χ3v) is 4.20. The highest BCUT2D eigenvalue weighted by Gasteiger charge is 2.24. The number of nitrogens with zero attached hydrogens (tertiary/aromatic N) is 2. The summed E-state index contributed by atoms with van der Waals surface area (Å²) < 4.78 is 5.16. The molecule has 0 spiro atoms. The Morgan fingerprint density at radius 1 is 1.35 bits per heavy atom. The Balaban J connectivity index is 2.16. The summed E-state index contributed by atoms with van der Waals surface area (Å²) in [5.41, 5.74) is 0.776. The van der Waals surface area contributed by atoms with Crippen LogP contribution < -0.4 is 10.1 Å². The fourth-order valence-corrected chi connectivity index (χ4v) is 3.28. The van der Waals surface area contributed by atoms with Crippen LogP contribution in [0.4, 0.5) is 0 Å². The first-order valence-corrected chi connectivity index (χ1v) is 8.43. The number of aromatic hydroxyl groups is 1. The molecule has 1 fully saturated rings. The molecule has 5 nitrogen and oxygen atoms in total. The van der Waals surface area contributed by atoms with E-state index in [0.29, 0.717) is 24.1 Å². The quantitative estimate of drug-likeness (QED) is 0.662. The van der Waals surface area contributed by atoms with Crippen LogP contribution >= 0.6 is 0 Å². The molecule has 0 amide bonds. The number of likely N-dealkylation sites (tertiary alicyclic amines) is 1. The summed E-state index contributed by atoms with van der Waals surface area (Å²) in [6, 6.07) is 5.51. The zero-order chi connectivity index (χ0) is 16.8. The molecular weight excluding hydrogens is 290 g/mol. The van der Waals surface area contributed by atoms with Gasteiger partial charge in [-0.15, -0.1) is 0 Å². The zero-order valence-electron chi connectivity index (χ0n) is 14.7. The van der Waals surface area contributed by atoms with Gasteiger partial charge in [0, 0.05) is 25.2 Å². The lowest BCUT2D eigenvalue weighted by Gasteiger charge is -2.37. The number of para-hydroxylation sites is 1. The van der Waals surface area contributed by atoms with Gasteiger partial charge in [0.2, 0.25) is 0 Å². The minimum Gasteiger partial charge on any atom is -0.504 e. The average Bonchev–Trinajstić information content (AvgIpc) is 2.51. The minimum absolute atomic E-state index is 0.176. The fraction of sp³-hybridized carbons (Fsp3) is 0.611. The number of phenolic OH excluding ortho intramolecular Hbond substituents is 1. The number of hydrogen-bond acceptors (Lipinski definition) is 3. The van der Waals surface area contributed by atoms with Crippen molar-refractivity contribution >= 4 is 5.96 Å². The Kier molecular flexibility index (Phi) is 6.13. The summed E-state index contributed by atoms with van der Waals surface area (Å²) >= 11 is 0. The Bertz CT molecular complexity index is 535. The highest BCUT2D eigenvalue weighted by atomic mass is 16.5. The predicted octanol–water partition coefficient (Wildman–Crippen LogP) is 2.84. The first-order chi connectivity index (χ1) is 11.0. The van der Waals surface area contributed by atoms with Gasteiger partial charge in [0.1, 0.15) is 0 Å². The molecule has 0 aromatic heterocycles. The lowest BCUT2D eigenvalue weighted by Crippen LogP contribution is -2.48. The van der Waals surface area contributed by atoms with Crippen molar-refractivity contribution in [3.8, 4) is 11.5 Å². The van der Waals surface area contributed by atoms with Crippen LogP contribution in [0.3, 0.4) is 0 Å². The summed E-state index contributed by atoms with van der Waals surface area (Å²) in [5, 5.41) is 13.6. The number of aliphatic imine (C=N–C) groups is 1. The summed E-state index contributed by atoms with van der Waals surface area (Å²) in [6.45, 7) is 9.99. The third-order valence-electron chi connectivity index (χ3n) is 4.20. The number of piperidine rings is 1. The topological polar surface area (TPSA) is 57.1 Å². The molecule has 0 saturated carbocycles. The molecule has 2 unspecified atom stereocenters. The zero-order valence-corrected chi connectivity index (χ0v) is 14.7. The molecule has 1 aliphatic heterocycles. The van der Waals surface area contributed by atoms with Crippen LogP contribution in [0.2, 0.25) is 0 Å². The maximum absolute atomic E-state index is 10.2. The molecule has 0 aliphatic carbocycles. The second-order valence-electron chi connectivity index (χ2n) is 6.49. The van der Waals surface area contributed by atoms with E-state index in [1.165, 1.54) is 6.42 Å². The van der Waals surface area contributed by atoms with Crippen molar-refractivity contribution in [3.63, 3.8) is 0 Å². The number of benzene rings is 1. The Morgan fingerprint density at radius 2 is 2.04 bits per heavy atom. The molecule has 1 saturated heterocycles. The van der Waals surface area contributed by atoms with Gasteiger partial charge >= 0.3 is 0 Å². The van der Waals surface area contributed by atoms with Gasteiger partial charge in [0.05, 0.1) is 13.7 Å². The van der Waals surface area contributed by atoms with E-state index in [0.717, 1.165) is 31.2 Å². The largest absolute Gasteiger partial charge is 0.504 e. The average molecular weight is 319 g/mol. The van der Waals surface area contributed by atoms with Crippen LogP contribution in [0, 0.1) is 11.8 Å². The number of rotatable bonds is 4. The summed E-state index contributed by atoms with van der Waals surface area (Å²) in [4.78, 5) is 7.06. The monoisotopic (exact) mass is 319 g/mol. The normalized spacial score (nSPS) is 22.1. The Hall–Kier alpha value is -1.91. The van der Waals surface area contributed by atoms with Crippen LogP contribution in [0.1, 0.15) is 32.8 Å². The van der Waals surface area contributed by atoms with E-state index < -0.39 is 0 Å². The van der Waals surface area contributed by atoms with Gasteiger partial charge in [-0.25, -0.2) is 4.99 Å². The van der Waals surface area contributed by atoms with Crippen LogP contribution in [0.15, 0.2) is 23.2 Å². The van der Waals surface area contributed by atoms with Gasteiger partial charge < -0.3 is 20.1 Å². The molecule has 23 heavy (non-hydrogen) atoms. The van der Waals surface area contributed by atoms with Gasteiger partial charge in [-0.2, -0.15) is 0 Å². The number of hydrogen-bond donors (Lipinski definition) is 2. The SMILES string of the molecule is CCNC(=NCc1cccc(OC)c1O)N1CC(C)CC(C)C1. The molecule has 2 atom stereocenters. The molecule has 1 aromatic carbocycles. The van der Waals surface area contributed by atoms with Crippen molar-refractivity contribution in [1.82, 2.24) is 10.2 Å². The number of nitrogens with one attached hydrogen (secondary N) is 1. The van der Waals surface area contributed by atoms with E-state index in [9.17, 15) is 5.11 Å². The van der Waals surface area contributed by atoms with Crippen molar-refractivity contribution < 1.29 is 9.84 Å². The molecule has 0 bridgehead atoms. The first kappa shape index (κ1) is 17.4. The minimum atomic E-state index is 0.176. The van der Waals surface area contributed by atoms with Gasteiger partial charge in [-0.05, 0) is 31.2 Å². The van der Waals surface area contributed by atoms with Gasteiger partial charge in [-0.3, -0.25) is 0 Å². The molecule has 128 valence electrons. The molecular formula is C18H29N3O2. The molecule has 1 aliphatic rings. The highest BCUT2D eigenvalue weighted by Crippen LogP contribution is 2.30. The maximum atomic E-state index is 10.2. The number of guanidine groups is 1. The van der Waals surface area contributed by atoms with Crippen molar-refractivity contribution in [3.05, 3.63) is 23.8 Å². The van der Waals surface area contributed by atoms with E-state index in [2.05, 4.69) is 31.0 Å². The van der Waals surface area contributed by atoms with Gasteiger partial charge in [-0.1, -0.05) is 26.0 Å². The fourth-order valence-electron chi connectivity index (χ4n) is 3.28. The van der Waals surface area contributed by atoms with Crippen LogP contribution in [0.5, 0.6) is 11.5 Å². The van der Waals surface area contributed by atoms with Crippen molar-refractivity contribution in [2.45, 2.75) is 33.7 Å². The molecule has 5 heteroatoms. The second kappa shape index (κ2) is 8.09. The predicted molar refractivity (Wildman–Crippen MR) is 94.0 cm³/mol. The second-order valence-corrected chi connectivity index (χ2v) is 6.49. The van der Waals surface area contributed by atoms with Gasteiger partial charge in [0.15, 0.2) is 17.5 Å². The number of phenols is 1. The Labute approximate surface area is 139 Å². The standard InChI is InChI=1S/C18H29N3O2/c1-5-19-18(21-11-13(2)9-14(3)12-21)20-10-15-7-6-8-16(23-4)17(15)22/h6-8,13-14,22H,5,9-12H2,1-4H3,(H,19,20). The number of methoxy groups -OCH3 is 1. The van der Waals surface area contributed by atoms with E-state index >= 15 is 0 Å². The first-order valence-electron chi connectivity index (χ1n) is 8.43. The molecule has 0 radical (unpaired) electrons. The molecule has 2 rings (SSSR count).